The number of amides is 2. The van der Waals surface area contributed by atoms with Gasteiger partial charge < -0.3 is 15.0 Å². The van der Waals surface area contributed by atoms with Gasteiger partial charge in [-0.25, -0.2) is 18.1 Å². The molecule has 0 unspecified atom stereocenters. The first-order valence-electron chi connectivity index (χ1n) is 9.42. The molecule has 2 aliphatic heterocycles. The molecule has 0 aromatic carbocycles. The lowest BCUT2D eigenvalue weighted by atomic mass is 10.0. The van der Waals surface area contributed by atoms with Gasteiger partial charge in [0.2, 0.25) is 27.7 Å². The molecule has 3 atom stereocenters. The molecule has 0 bridgehead atoms. The molecule has 11 heteroatoms. The lowest BCUT2D eigenvalue weighted by Crippen LogP contribution is -2.62. The van der Waals surface area contributed by atoms with Crippen LogP contribution in [0.25, 0.3) is 0 Å². The minimum absolute atomic E-state index is 0.0964. The summed E-state index contributed by atoms with van der Waals surface area (Å²) in [5, 5.41) is 2.73. The van der Waals surface area contributed by atoms with Crippen LogP contribution < -0.4 is 14.8 Å². The van der Waals surface area contributed by atoms with Gasteiger partial charge in [0.15, 0.2) is 0 Å². The third-order valence-corrected chi connectivity index (χ3v) is 5.91. The fourth-order valence-electron chi connectivity index (χ4n) is 3.99. The van der Waals surface area contributed by atoms with Gasteiger partial charge in [0, 0.05) is 51.3 Å². The normalized spacial score (nSPS) is 25.0. The van der Waals surface area contributed by atoms with Crippen LogP contribution >= 0.6 is 0 Å². The summed E-state index contributed by atoms with van der Waals surface area (Å²) in [6, 6.07) is 4.50. The molecule has 2 aliphatic rings. The Bertz CT molecular complexity index is 877. The first-order valence-corrected chi connectivity index (χ1v) is 11.3. The van der Waals surface area contributed by atoms with E-state index in [2.05, 4.69) is 15.0 Å². The first kappa shape index (κ1) is 21.5. The molecule has 0 spiro atoms. The van der Waals surface area contributed by atoms with Crippen LogP contribution in [0.5, 0.6) is 5.88 Å². The molecule has 2 N–H and O–H groups in total. The molecule has 10 nitrogen and oxygen atoms in total. The lowest BCUT2D eigenvalue weighted by molar-refractivity contribution is -0.144. The molecule has 160 valence electrons. The zero-order valence-corrected chi connectivity index (χ0v) is 17.6. The van der Waals surface area contributed by atoms with Gasteiger partial charge in [-0.15, -0.1) is 0 Å². The van der Waals surface area contributed by atoms with Gasteiger partial charge in [-0.3, -0.25) is 14.5 Å². The number of carbonyl (C=O) groups is 2. The van der Waals surface area contributed by atoms with Crippen molar-refractivity contribution in [2.24, 2.45) is 0 Å². The summed E-state index contributed by atoms with van der Waals surface area (Å²) in [6.45, 7) is 2.91. The van der Waals surface area contributed by atoms with Crippen LogP contribution in [0.2, 0.25) is 0 Å². The Morgan fingerprint density at radius 1 is 1.34 bits per heavy atom. The van der Waals surface area contributed by atoms with Crippen molar-refractivity contribution in [3.8, 4) is 5.88 Å². The van der Waals surface area contributed by atoms with Gasteiger partial charge in [0.05, 0.1) is 19.1 Å². The van der Waals surface area contributed by atoms with E-state index in [0.717, 1.165) is 11.9 Å². The summed E-state index contributed by atoms with van der Waals surface area (Å²) in [6.07, 6.45) is 1.67. The van der Waals surface area contributed by atoms with E-state index in [1.165, 1.54) is 6.92 Å². The number of fused-ring (bicyclic) bond motifs is 1. The highest BCUT2D eigenvalue weighted by Gasteiger charge is 2.45. The molecule has 1 aromatic heterocycles. The van der Waals surface area contributed by atoms with Crippen molar-refractivity contribution < 1.29 is 22.7 Å². The number of nitrogens with zero attached hydrogens (tertiary/aromatic N) is 3. The van der Waals surface area contributed by atoms with E-state index in [4.69, 9.17) is 4.74 Å². The standard InChI is InChI=1S/C18H27N5O5S/c1-12(24)19-8-16-18(25)23-10-14(21-29(3,26)27)7-15(23)11-22(16)9-13-5-4-6-17(20-13)28-2/h4-6,14-16,21H,7-11H2,1-3H3,(H,19,24)/t14-,15-,16-/m0/s1. The molecule has 2 saturated heterocycles. The number of nitrogens with one attached hydrogen (secondary N) is 2. The smallest absolute Gasteiger partial charge is 0.242 e. The van der Waals surface area contributed by atoms with Crippen LogP contribution in [0.15, 0.2) is 18.2 Å². The second kappa shape index (κ2) is 8.64. The molecular formula is C18H27N5O5S. The topological polar surface area (TPSA) is 121 Å². The zero-order valence-electron chi connectivity index (χ0n) is 16.8. The van der Waals surface area contributed by atoms with E-state index in [0.29, 0.717) is 31.9 Å². The van der Waals surface area contributed by atoms with Gasteiger partial charge in [-0.05, 0) is 12.5 Å². The number of hydrogen-bond acceptors (Lipinski definition) is 7. The molecule has 0 aliphatic carbocycles. The van der Waals surface area contributed by atoms with Crippen molar-refractivity contribution in [1.82, 2.24) is 24.8 Å². The molecule has 1 aromatic rings. The van der Waals surface area contributed by atoms with Crippen molar-refractivity contribution in [2.45, 2.75) is 38.0 Å². The van der Waals surface area contributed by atoms with Crippen LogP contribution in [0.1, 0.15) is 19.0 Å². The third-order valence-electron chi connectivity index (χ3n) is 5.15. The van der Waals surface area contributed by atoms with Gasteiger partial charge >= 0.3 is 0 Å². The molecule has 0 radical (unpaired) electrons. The highest BCUT2D eigenvalue weighted by Crippen LogP contribution is 2.27. The van der Waals surface area contributed by atoms with Crippen molar-refractivity contribution in [1.29, 1.82) is 0 Å². The Labute approximate surface area is 170 Å². The number of rotatable bonds is 7. The van der Waals surface area contributed by atoms with E-state index in [1.54, 1.807) is 18.1 Å². The Kier molecular flexibility index (Phi) is 6.39. The first-order chi connectivity index (χ1) is 13.7. The maximum Gasteiger partial charge on any atom is 0.242 e. The van der Waals surface area contributed by atoms with Crippen LogP contribution in [0, 0.1) is 0 Å². The van der Waals surface area contributed by atoms with Gasteiger partial charge in [0.25, 0.3) is 0 Å². The predicted octanol–water partition coefficient (Wildman–Crippen LogP) is -1.07. The van der Waals surface area contributed by atoms with Gasteiger partial charge in [0.1, 0.15) is 6.04 Å². The molecule has 3 rings (SSSR count). The minimum Gasteiger partial charge on any atom is -0.481 e. The van der Waals surface area contributed by atoms with Crippen LogP contribution in [0.4, 0.5) is 0 Å². The monoisotopic (exact) mass is 425 g/mol. The second-order valence-electron chi connectivity index (χ2n) is 7.52. The average molecular weight is 426 g/mol. The summed E-state index contributed by atoms with van der Waals surface area (Å²) < 4.78 is 31.0. The third kappa shape index (κ3) is 5.43. The Hall–Kier alpha value is -2.24. The summed E-state index contributed by atoms with van der Waals surface area (Å²) in [5.74, 6) is 0.164. The number of aromatic nitrogens is 1. The minimum atomic E-state index is -3.36. The van der Waals surface area contributed by atoms with E-state index < -0.39 is 16.1 Å². The second-order valence-corrected chi connectivity index (χ2v) is 9.30. The lowest BCUT2D eigenvalue weighted by Gasteiger charge is -2.42. The number of hydrogen-bond donors (Lipinski definition) is 2. The fraction of sp³-hybridized carbons (Fsp3) is 0.611. The maximum absolute atomic E-state index is 13.2. The molecular weight excluding hydrogens is 398 g/mol. The summed E-state index contributed by atoms with van der Waals surface area (Å²) in [7, 11) is -1.81. The predicted molar refractivity (Wildman–Crippen MR) is 106 cm³/mol. The molecule has 2 amide bonds. The summed E-state index contributed by atoms with van der Waals surface area (Å²) >= 11 is 0. The number of carbonyl (C=O) groups excluding carboxylic acids is 2. The number of piperazine rings is 1. The van der Waals surface area contributed by atoms with Crippen molar-refractivity contribution in [3.05, 3.63) is 23.9 Å². The maximum atomic E-state index is 13.2. The number of pyridine rings is 1. The Balaban J connectivity index is 1.79. The van der Waals surface area contributed by atoms with E-state index in [-0.39, 0.29) is 30.4 Å². The zero-order chi connectivity index (χ0) is 21.2. The average Bonchev–Trinajstić information content (AvgIpc) is 3.02. The number of methoxy groups -OCH3 is 1. The van der Waals surface area contributed by atoms with Gasteiger partial charge in [-0.1, -0.05) is 6.07 Å². The van der Waals surface area contributed by atoms with E-state index in [9.17, 15) is 18.0 Å². The van der Waals surface area contributed by atoms with E-state index in [1.807, 2.05) is 17.0 Å². The van der Waals surface area contributed by atoms with Crippen molar-refractivity contribution in [2.75, 3.05) is 33.0 Å². The number of ether oxygens (including phenoxy) is 1. The molecule has 29 heavy (non-hydrogen) atoms. The number of sulfonamides is 1. The highest BCUT2D eigenvalue weighted by molar-refractivity contribution is 7.88. The van der Waals surface area contributed by atoms with Crippen molar-refractivity contribution >= 4 is 21.8 Å². The Morgan fingerprint density at radius 3 is 2.76 bits per heavy atom. The summed E-state index contributed by atoms with van der Waals surface area (Å²) in [5.41, 5.74) is 0.752. The van der Waals surface area contributed by atoms with Crippen LogP contribution in [-0.2, 0) is 26.2 Å². The van der Waals surface area contributed by atoms with Gasteiger partial charge in [-0.2, -0.15) is 0 Å². The fourth-order valence-corrected chi connectivity index (χ4v) is 4.77. The SMILES string of the molecule is COc1cccc(CN2C[C@@H]3C[C@H](NS(C)(=O)=O)CN3C(=O)[C@@H]2CNC(C)=O)n1. The van der Waals surface area contributed by atoms with E-state index >= 15 is 0 Å². The van der Waals surface area contributed by atoms with Crippen LogP contribution in [-0.4, -0.2) is 86.1 Å². The molecule has 0 saturated carbocycles. The Morgan fingerprint density at radius 2 is 2.10 bits per heavy atom. The molecule has 2 fully saturated rings. The summed E-state index contributed by atoms with van der Waals surface area (Å²) in [4.78, 5) is 32.7. The quantitative estimate of drug-likeness (QED) is 0.571. The molecule has 3 heterocycles. The highest BCUT2D eigenvalue weighted by atomic mass is 32.2. The van der Waals surface area contributed by atoms with Crippen molar-refractivity contribution in [3.63, 3.8) is 0 Å². The largest absolute Gasteiger partial charge is 0.481 e. The van der Waals surface area contributed by atoms with Crippen LogP contribution in [0.3, 0.4) is 0 Å².